The summed E-state index contributed by atoms with van der Waals surface area (Å²) in [6, 6.07) is 0. The molecule has 4 rings (SSSR count). The molecule has 1 aliphatic carbocycles. The molecule has 6 atom stereocenters. The highest BCUT2D eigenvalue weighted by Crippen LogP contribution is 2.56. The van der Waals surface area contributed by atoms with E-state index in [0.717, 1.165) is 19.3 Å². The molecule has 1 saturated carbocycles. The Morgan fingerprint density at radius 1 is 1.30 bits per heavy atom. The van der Waals surface area contributed by atoms with Gasteiger partial charge < -0.3 is 14.6 Å². The summed E-state index contributed by atoms with van der Waals surface area (Å²) in [6.45, 7) is 4.23. The molecule has 3 heterocycles. The van der Waals surface area contributed by atoms with Crippen molar-refractivity contribution < 1.29 is 24.4 Å². The number of aliphatic hydroxyl groups excluding tert-OH is 1. The van der Waals surface area contributed by atoms with Crippen LogP contribution >= 0.6 is 0 Å². The van der Waals surface area contributed by atoms with Gasteiger partial charge in [0, 0.05) is 19.6 Å². The highest BCUT2D eigenvalue weighted by molar-refractivity contribution is 5.04. The summed E-state index contributed by atoms with van der Waals surface area (Å²) < 4.78 is 11.8. The average molecular weight is 286 g/mol. The summed E-state index contributed by atoms with van der Waals surface area (Å²) in [7, 11) is 1.67. The van der Waals surface area contributed by atoms with Crippen LogP contribution in [0.5, 0.6) is 0 Å². The third kappa shape index (κ3) is 1.95. The smallest absolute Gasteiger partial charge is 0.204 e. The number of methoxy groups -OCH3 is 1. The molecule has 20 heavy (non-hydrogen) atoms. The Kier molecular flexibility index (Phi) is 3.84. The van der Waals surface area contributed by atoms with Crippen molar-refractivity contribution in [3.8, 4) is 0 Å². The van der Waals surface area contributed by atoms with Crippen LogP contribution in [0.3, 0.4) is 0 Å². The first-order valence-electron chi connectivity index (χ1n) is 7.75. The number of hydrogen-bond donors (Lipinski definition) is 1. The van der Waals surface area contributed by atoms with Crippen LogP contribution in [0.4, 0.5) is 0 Å². The van der Waals surface area contributed by atoms with Gasteiger partial charge in [0.25, 0.3) is 0 Å². The van der Waals surface area contributed by atoms with Crippen LogP contribution in [0.25, 0.3) is 0 Å². The first-order valence-corrected chi connectivity index (χ1v) is 7.75. The predicted octanol–water partition coefficient (Wildman–Crippen LogP) is 2.23. The van der Waals surface area contributed by atoms with Crippen molar-refractivity contribution in [2.75, 3.05) is 13.7 Å². The van der Waals surface area contributed by atoms with Gasteiger partial charge in [-0.05, 0) is 44.4 Å². The van der Waals surface area contributed by atoms with Crippen molar-refractivity contribution in [2.45, 2.75) is 63.6 Å². The Morgan fingerprint density at radius 2 is 2.10 bits per heavy atom. The standard InChI is InChI=1S/C15H26O5/c1-10-9-12-6-4-5-11(7-8-16)15(12)13(17-3)18-14(10,2)19-20-15/h10-13,16H,4-9H2,1-3H3/t10-,11-,12+,13-,14+,15-/m0/s1. The van der Waals surface area contributed by atoms with Crippen LogP contribution in [0.15, 0.2) is 0 Å². The Bertz CT molecular complexity index is 356. The lowest BCUT2D eigenvalue weighted by molar-refractivity contribution is -0.560. The molecule has 2 bridgehead atoms. The molecule has 0 aromatic rings. The Morgan fingerprint density at radius 3 is 2.80 bits per heavy atom. The topological polar surface area (TPSA) is 57.2 Å². The third-order valence-corrected chi connectivity index (χ3v) is 5.67. The molecule has 1 spiro atoms. The molecule has 3 saturated heterocycles. The summed E-state index contributed by atoms with van der Waals surface area (Å²) in [6.07, 6.45) is 4.59. The van der Waals surface area contributed by atoms with Crippen LogP contribution in [0.1, 0.15) is 46.0 Å². The molecule has 0 aromatic heterocycles. The van der Waals surface area contributed by atoms with Crippen LogP contribution in [0.2, 0.25) is 0 Å². The van der Waals surface area contributed by atoms with Crippen LogP contribution in [-0.2, 0) is 19.2 Å². The highest BCUT2D eigenvalue weighted by atomic mass is 17.3. The minimum absolute atomic E-state index is 0.158. The number of ether oxygens (including phenoxy) is 2. The van der Waals surface area contributed by atoms with Gasteiger partial charge >= 0.3 is 0 Å². The normalized spacial score (nSPS) is 51.6. The van der Waals surface area contributed by atoms with E-state index in [0.29, 0.717) is 12.3 Å². The van der Waals surface area contributed by atoms with E-state index >= 15 is 0 Å². The van der Waals surface area contributed by atoms with Crippen molar-refractivity contribution in [2.24, 2.45) is 17.8 Å². The minimum Gasteiger partial charge on any atom is -0.396 e. The Labute approximate surface area is 120 Å². The molecule has 0 aromatic carbocycles. The quantitative estimate of drug-likeness (QED) is 0.806. The Balaban J connectivity index is 2.00. The average Bonchev–Trinajstić information content (AvgIpc) is 2.61. The summed E-state index contributed by atoms with van der Waals surface area (Å²) in [5, 5.41) is 9.39. The highest BCUT2D eigenvalue weighted by Gasteiger charge is 2.65. The lowest BCUT2D eigenvalue weighted by Gasteiger charge is -2.53. The zero-order chi connectivity index (χ0) is 14.4. The van der Waals surface area contributed by atoms with E-state index in [4.69, 9.17) is 19.2 Å². The number of hydrogen-bond acceptors (Lipinski definition) is 5. The Hall–Kier alpha value is -0.200. The van der Waals surface area contributed by atoms with Crippen LogP contribution in [-0.4, -0.2) is 36.5 Å². The lowest BCUT2D eigenvalue weighted by Crippen LogP contribution is -2.63. The largest absolute Gasteiger partial charge is 0.396 e. The fourth-order valence-electron chi connectivity index (χ4n) is 4.33. The summed E-state index contributed by atoms with van der Waals surface area (Å²) >= 11 is 0. The molecule has 0 radical (unpaired) electrons. The molecular formula is C15H26O5. The van der Waals surface area contributed by atoms with E-state index in [2.05, 4.69) is 6.92 Å². The first kappa shape index (κ1) is 14.7. The number of rotatable bonds is 3. The van der Waals surface area contributed by atoms with Gasteiger partial charge in [-0.15, -0.1) is 0 Å². The molecule has 0 unspecified atom stereocenters. The molecule has 4 fully saturated rings. The molecule has 3 aliphatic heterocycles. The van der Waals surface area contributed by atoms with Crippen LogP contribution < -0.4 is 0 Å². The van der Waals surface area contributed by atoms with E-state index in [-0.39, 0.29) is 18.4 Å². The predicted molar refractivity (Wildman–Crippen MR) is 71.5 cm³/mol. The lowest BCUT2D eigenvalue weighted by atomic mass is 9.65. The van der Waals surface area contributed by atoms with E-state index < -0.39 is 17.7 Å². The minimum atomic E-state index is -0.743. The maximum Gasteiger partial charge on any atom is 0.204 e. The maximum absolute atomic E-state index is 9.39. The SMILES string of the molecule is CO[C@H]1O[C@]2(C)OO[C@]13[C@H](CCO)CCC[C@@H]3C[C@@H]2C. The second-order valence-electron chi connectivity index (χ2n) is 6.70. The molecule has 116 valence electrons. The van der Waals surface area contributed by atoms with Gasteiger partial charge in [0.05, 0.1) is 0 Å². The van der Waals surface area contributed by atoms with E-state index in [9.17, 15) is 5.11 Å². The van der Waals surface area contributed by atoms with Gasteiger partial charge in [-0.3, -0.25) is 0 Å². The summed E-state index contributed by atoms with van der Waals surface area (Å²) in [5.74, 6) is 0.0815. The summed E-state index contributed by atoms with van der Waals surface area (Å²) in [5.41, 5.74) is -0.569. The fraction of sp³-hybridized carbons (Fsp3) is 1.00. The zero-order valence-corrected chi connectivity index (χ0v) is 12.6. The van der Waals surface area contributed by atoms with E-state index in [1.807, 2.05) is 6.92 Å². The maximum atomic E-state index is 9.39. The third-order valence-electron chi connectivity index (χ3n) is 5.67. The molecule has 0 amide bonds. The van der Waals surface area contributed by atoms with Gasteiger partial charge in [0.1, 0.15) is 0 Å². The molecule has 5 heteroatoms. The monoisotopic (exact) mass is 286 g/mol. The fourth-order valence-corrected chi connectivity index (χ4v) is 4.33. The molecule has 4 aliphatic rings. The van der Waals surface area contributed by atoms with Crippen molar-refractivity contribution in [1.82, 2.24) is 0 Å². The van der Waals surface area contributed by atoms with Crippen molar-refractivity contribution in [3.05, 3.63) is 0 Å². The first-order chi connectivity index (χ1) is 9.56. The van der Waals surface area contributed by atoms with E-state index in [1.54, 1.807) is 7.11 Å². The van der Waals surface area contributed by atoms with Crippen LogP contribution in [0, 0.1) is 17.8 Å². The van der Waals surface area contributed by atoms with Crippen molar-refractivity contribution in [3.63, 3.8) is 0 Å². The van der Waals surface area contributed by atoms with Gasteiger partial charge in [0.2, 0.25) is 5.79 Å². The second-order valence-corrected chi connectivity index (χ2v) is 6.70. The number of fused-ring (bicyclic) bond motifs is 3. The molecule has 1 N–H and O–H groups in total. The zero-order valence-electron chi connectivity index (χ0n) is 12.6. The summed E-state index contributed by atoms with van der Waals surface area (Å²) in [4.78, 5) is 11.7. The van der Waals surface area contributed by atoms with E-state index in [1.165, 1.54) is 6.42 Å². The molecular weight excluding hydrogens is 260 g/mol. The van der Waals surface area contributed by atoms with Gasteiger partial charge in [0.15, 0.2) is 11.9 Å². The van der Waals surface area contributed by atoms with Gasteiger partial charge in [-0.25, -0.2) is 9.78 Å². The number of aliphatic hydroxyl groups is 1. The molecule has 5 nitrogen and oxygen atoms in total. The van der Waals surface area contributed by atoms with Gasteiger partial charge in [-0.1, -0.05) is 13.3 Å². The van der Waals surface area contributed by atoms with Crippen molar-refractivity contribution >= 4 is 0 Å². The van der Waals surface area contributed by atoms with Gasteiger partial charge in [-0.2, -0.15) is 0 Å². The van der Waals surface area contributed by atoms with Crippen molar-refractivity contribution in [1.29, 1.82) is 0 Å². The second kappa shape index (κ2) is 5.21.